The van der Waals surface area contributed by atoms with E-state index in [9.17, 15) is 5.11 Å². The van der Waals surface area contributed by atoms with Crippen molar-refractivity contribution in [3.05, 3.63) is 0 Å². The number of hydrogen-bond donors (Lipinski definition) is 1. The summed E-state index contributed by atoms with van der Waals surface area (Å²) in [4.78, 5) is 5.10. The maximum absolute atomic E-state index is 9.90. The van der Waals surface area contributed by atoms with Crippen molar-refractivity contribution in [3.63, 3.8) is 0 Å². The van der Waals surface area contributed by atoms with E-state index >= 15 is 0 Å². The molecule has 3 nitrogen and oxygen atoms in total. The van der Waals surface area contributed by atoms with Crippen LogP contribution in [0.4, 0.5) is 0 Å². The molecular formula is C13H26N2O. The van der Waals surface area contributed by atoms with E-state index in [2.05, 4.69) is 23.6 Å². The van der Waals surface area contributed by atoms with Crippen LogP contribution in [0.1, 0.15) is 34.1 Å². The molecule has 2 fully saturated rings. The molecule has 0 aromatic rings. The summed E-state index contributed by atoms with van der Waals surface area (Å²) in [6.45, 7) is 13.0. The van der Waals surface area contributed by atoms with Crippen molar-refractivity contribution in [2.75, 3.05) is 26.2 Å². The van der Waals surface area contributed by atoms with Crippen LogP contribution < -0.4 is 0 Å². The summed E-state index contributed by atoms with van der Waals surface area (Å²) >= 11 is 0. The second-order valence-corrected chi connectivity index (χ2v) is 6.34. The van der Waals surface area contributed by atoms with Crippen LogP contribution in [-0.2, 0) is 0 Å². The lowest BCUT2D eigenvalue weighted by molar-refractivity contribution is -0.0753. The monoisotopic (exact) mass is 226 g/mol. The molecule has 3 heteroatoms. The molecule has 2 aliphatic heterocycles. The fourth-order valence-electron chi connectivity index (χ4n) is 2.79. The molecule has 1 N–H and O–H groups in total. The van der Waals surface area contributed by atoms with Gasteiger partial charge in [-0.1, -0.05) is 0 Å². The highest BCUT2D eigenvalue weighted by Crippen LogP contribution is 2.31. The first-order valence-electron chi connectivity index (χ1n) is 6.58. The smallest absolute Gasteiger partial charge is 0.0644 e. The number of hydrogen-bond acceptors (Lipinski definition) is 3. The molecule has 2 rings (SSSR count). The van der Waals surface area contributed by atoms with Gasteiger partial charge in [0.15, 0.2) is 0 Å². The van der Waals surface area contributed by atoms with Gasteiger partial charge in [-0.05, 0) is 34.1 Å². The van der Waals surface area contributed by atoms with Crippen molar-refractivity contribution in [2.24, 2.45) is 5.92 Å². The first kappa shape index (κ1) is 12.3. The van der Waals surface area contributed by atoms with E-state index in [1.54, 1.807) is 0 Å². The quantitative estimate of drug-likeness (QED) is 0.782. The zero-order chi connectivity index (χ0) is 11.9. The Bertz CT molecular complexity index is 241. The minimum absolute atomic E-state index is 0.473. The highest BCUT2D eigenvalue weighted by Gasteiger charge is 2.42. The minimum Gasteiger partial charge on any atom is -0.390 e. The van der Waals surface area contributed by atoms with E-state index in [-0.39, 0.29) is 0 Å². The summed E-state index contributed by atoms with van der Waals surface area (Å²) in [5, 5.41) is 9.90. The zero-order valence-corrected chi connectivity index (χ0v) is 11.1. The average molecular weight is 226 g/mol. The van der Waals surface area contributed by atoms with Crippen LogP contribution in [0.2, 0.25) is 0 Å². The molecule has 0 bridgehead atoms. The Morgan fingerprint density at radius 2 is 1.81 bits per heavy atom. The molecule has 2 heterocycles. The maximum atomic E-state index is 9.90. The van der Waals surface area contributed by atoms with Gasteiger partial charge in [0.25, 0.3) is 0 Å². The largest absolute Gasteiger partial charge is 0.390 e. The van der Waals surface area contributed by atoms with Crippen LogP contribution in [0.3, 0.4) is 0 Å². The van der Waals surface area contributed by atoms with Crippen LogP contribution in [0.15, 0.2) is 0 Å². The SMILES string of the molecule is CC(C)N1CCC(N2CC(C(C)(C)O)C2)C1. The fourth-order valence-corrected chi connectivity index (χ4v) is 2.79. The van der Waals surface area contributed by atoms with Gasteiger partial charge in [0.2, 0.25) is 0 Å². The number of rotatable bonds is 3. The summed E-state index contributed by atoms with van der Waals surface area (Å²) in [7, 11) is 0. The lowest BCUT2D eigenvalue weighted by Crippen LogP contribution is -2.59. The third-order valence-electron chi connectivity index (χ3n) is 4.35. The van der Waals surface area contributed by atoms with Gasteiger partial charge in [0, 0.05) is 44.2 Å². The molecule has 0 aliphatic carbocycles. The van der Waals surface area contributed by atoms with Crippen molar-refractivity contribution in [1.29, 1.82) is 0 Å². The van der Waals surface area contributed by atoms with Gasteiger partial charge in [-0.15, -0.1) is 0 Å². The third-order valence-corrected chi connectivity index (χ3v) is 4.35. The van der Waals surface area contributed by atoms with Crippen LogP contribution in [0.5, 0.6) is 0 Å². The molecular weight excluding hydrogens is 200 g/mol. The first-order chi connectivity index (χ1) is 7.38. The van der Waals surface area contributed by atoms with E-state index in [1.807, 2.05) is 13.8 Å². The van der Waals surface area contributed by atoms with E-state index in [0.717, 1.165) is 19.1 Å². The maximum Gasteiger partial charge on any atom is 0.0644 e. The van der Waals surface area contributed by atoms with Gasteiger partial charge in [-0.3, -0.25) is 9.80 Å². The van der Waals surface area contributed by atoms with Crippen LogP contribution in [0.25, 0.3) is 0 Å². The first-order valence-corrected chi connectivity index (χ1v) is 6.58. The molecule has 2 saturated heterocycles. The Kier molecular flexibility index (Phi) is 3.30. The Morgan fingerprint density at radius 3 is 2.25 bits per heavy atom. The fraction of sp³-hybridized carbons (Fsp3) is 1.00. The van der Waals surface area contributed by atoms with Gasteiger partial charge in [-0.2, -0.15) is 0 Å². The Balaban J connectivity index is 1.77. The Hall–Kier alpha value is -0.120. The summed E-state index contributed by atoms with van der Waals surface area (Å²) in [6, 6.07) is 1.41. The average Bonchev–Trinajstić information content (AvgIpc) is 2.46. The lowest BCUT2D eigenvalue weighted by atomic mass is 9.83. The van der Waals surface area contributed by atoms with Crippen LogP contribution in [0, 0.1) is 5.92 Å². The number of likely N-dealkylation sites (tertiary alicyclic amines) is 2. The molecule has 2 aliphatic rings. The Morgan fingerprint density at radius 1 is 1.19 bits per heavy atom. The molecule has 0 aromatic heterocycles. The van der Waals surface area contributed by atoms with Crippen LogP contribution >= 0.6 is 0 Å². The molecule has 0 aromatic carbocycles. The standard InChI is InChI=1S/C13H26N2O/c1-10(2)14-6-5-12(9-14)15-7-11(8-15)13(3,4)16/h10-12,16H,5-9H2,1-4H3. The lowest BCUT2D eigenvalue weighted by Gasteiger charge is -2.48. The molecule has 0 saturated carbocycles. The highest BCUT2D eigenvalue weighted by atomic mass is 16.3. The van der Waals surface area contributed by atoms with Crippen molar-refractivity contribution in [3.8, 4) is 0 Å². The molecule has 0 amide bonds. The van der Waals surface area contributed by atoms with Gasteiger partial charge in [0.05, 0.1) is 5.60 Å². The summed E-state index contributed by atoms with van der Waals surface area (Å²) in [5.41, 5.74) is -0.493. The predicted molar refractivity (Wildman–Crippen MR) is 66.5 cm³/mol. The normalized spacial score (nSPS) is 30.0. The zero-order valence-electron chi connectivity index (χ0n) is 11.1. The van der Waals surface area contributed by atoms with E-state index in [0.29, 0.717) is 12.0 Å². The summed E-state index contributed by atoms with van der Waals surface area (Å²) in [6.07, 6.45) is 1.30. The van der Waals surface area contributed by atoms with Gasteiger partial charge >= 0.3 is 0 Å². The summed E-state index contributed by atoms with van der Waals surface area (Å²) < 4.78 is 0. The molecule has 0 spiro atoms. The van der Waals surface area contributed by atoms with E-state index < -0.39 is 5.60 Å². The highest BCUT2D eigenvalue weighted by molar-refractivity contribution is 4.96. The number of aliphatic hydroxyl groups is 1. The van der Waals surface area contributed by atoms with E-state index in [4.69, 9.17) is 0 Å². The number of nitrogens with zero attached hydrogens (tertiary/aromatic N) is 2. The molecule has 1 atom stereocenters. The topological polar surface area (TPSA) is 26.7 Å². The predicted octanol–water partition coefficient (Wildman–Crippen LogP) is 1.17. The molecule has 16 heavy (non-hydrogen) atoms. The van der Waals surface area contributed by atoms with Crippen molar-refractivity contribution in [2.45, 2.75) is 51.8 Å². The van der Waals surface area contributed by atoms with Crippen molar-refractivity contribution >= 4 is 0 Å². The summed E-state index contributed by atoms with van der Waals surface area (Å²) in [5.74, 6) is 0.473. The third kappa shape index (κ3) is 2.41. The van der Waals surface area contributed by atoms with E-state index in [1.165, 1.54) is 19.5 Å². The van der Waals surface area contributed by atoms with Gasteiger partial charge in [0.1, 0.15) is 0 Å². The van der Waals surface area contributed by atoms with Crippen molar-refractivity contribution < 1.29 is 5.11 Å². The van der Waals surface area contributed by atoms with Crippen LogP contribution in [-0.4, -0.2) is 58.8 Å². The Labute approximate surface area is 99.4 Å². The van der Waals surface area contributed by atoms with Gasteiger partial charge < -0.3 is 5.11 Å². The molecule has 0 radical (unpaired) electrons. The molecule has 94 valence electrons. The minimum atomic E-state index is -0.493. The van der Waals surface area contributed by atoms with Crippen molar-refractivity contribution in [1.82, 2.24) is 9.80 Å². The molecule has 1 unspecified atom stereocenters. The van der Waals surface area contributed by atoms with Gasteiger partial charge in [-0.25, -0.2) is 0 Å². The second kappa shape index (κ2) is 4.28. The second-order valence-electron chi connectivity index (χ2n) is 6.34.